The Morgan fingerprint density at radius 1 is 0.650 bits per heavy atom. The van der Waals surface area contributed by atoms with Crippen molar-refractivity contribution >= 4 is 21.8 Å². The van der Waals surface area contributed by atoms with Crippen LogP contribution in [0.3, 0.4) is 0 Å². The molecule has 0 amide bonds. The second-order valence-corrected chi connectivity index (χ2v) is 9.15. The Kier molecular flexibility index (Phi) is 7.64. The Bertz CT molecular complexity index is 1940. The van der Waals surface area contributed by atoms with Gasteiger partial charge in [0, 0.05) is 17.3 Å². The van der Waals surface area contributed by atoms with Gasteiger partial charge in [0.25, 0.3) is 0 Å². The Labute approximate surface area is 247 Å². The summed E-state index contributed by atoms with van der Waals surface area (Å²) in [6.45, 7) is 0. The molecule has 5 heteroatoms. The largest absolute Gasteiger partial charge is 2.00 e. The van der Waals surface area contributed by atoms with Crippen LogP contribution in [0, 0.1) is 13.5 Å². The Balaban J connectivity index is 0.00000161. The Morgan fingerprint density at radius 2 is 1.35 bits per heavy atom. The molecule has 7 rings (SSSR count). The minimum absolute atomic E-state index is 0. The molecule has 40 heavy (non-hydrogen) atoms. The standard InChI is InChI=1S/C34H22N3O.CH3.Pt/c38-32-20-4-3-15-28(32)34-36-33-27(24-12-7-13-25(22-24)29-17-5-6-21-35-29)16-9-19-31(33)37(34)30-18-8-11-23-10-1-2-14-26(23)30;;/h1-21,38H;1H3;/q2*-1;+2. The fourth-order valence-electron chi connectivity index (χ4n) is 5.10. The van der Waals surface area contributed by atoms with Gasteiger partial charge in [-0.15, -0.1) is 29.8 Å². The van der Waals surface area contributed by atoms with Crippen LogP contribution < -0.4 is 0 Å². The molecule has 0 aliphatic carbocycles. The molecule has 0 spiro atoms. The summed E-state index contributed by atoms with van der Waals surface area (Å²) in [4.78, 5) is 9.68. The number of hydrogen-bond acceptors (Lipinski definition) is 3. The van der Waals surface area contributed by atoms with Crippen molar-refractivity contribution in [3.63, 3.8) is 0 Å². The first-order valence-electron chi connectivity index (χ1n) is 12.5. The summed E-state index contributed by atoms with van der Waals surface area (Å²) >= 11 is 0. The summed E-state index contributed by atoms with van der Waals surface area (Å²) in [5.41, 5.74) is 7.18. The number of para-hydroxylation sites is 2. The third kappa shape index (κ3) is 4.61. The van der Waals surface area contributed by atoms with Crippen molar-refractivity contribution in [2.24, 2.45) is 0 Å². The SMILES string of the molecule is Oc1ccccc1-c1nc2c(-c3[c-]c(-c4ccccn4)ccc3)cccc2n1-c1cccc2ccccc12.[CH3-].[Pt+2]. The van der Waals surface area contributed by atoms with Crippen LogP contribution in [-0.2, 0) is 21.1 Å². The zero-order chi connectivity index (χ0) is 25.5. The number of imidazole rings is 1. The molecule has 0 bridgehead atoms. The second kappa shape index (κ2) is 11.3. The number of pyridine rings is 1. The summed E-state index contributed by atoms with van der Waals surface area (Å²) in [7, 11) is 0. The van der Waals surface area contributed by atoms with Gasteiger partial charge in [-0.05, 0) is 35.7 Å². The Morgan fingerprint density at radius 3 is 2.20 bits per heavy atom. The van der Waals surface area contributed by atoms with Crippen molar-refractivity contribution in [2.45, 2.75) is 0 Å². The maximum atomic E-state index is 10.9. The number of nitrogens with zero attached hydrogens (tertiary/aromatic N) is 3. The number of aromatic hydroxyl groups is 1. The van der Waals surface area contributed by atoms with Crippen LogP contribution in [0.25, 0.3) is 61.3 Å². The minimum Gasteiger partial charge on any atom is -0.507 e. The molecule has 1 N–H and O–H groups in total. The predicted octanol–water partition coefficient (Wildman–Crippen LogP) is 8.53. The number of fused-ring (bicyclic) bond motifs is 2. The molecule has 2 heterocycles. The molecule has 196 valence electrons. The maximum Gasteiger partial charge on any atom is 2.00 e. The normalized spacial score (nSPS) is 10.7. The van der Waals surface area contributed by atoms with Gasteiger partial charge in [0.05, 0.1) is 22.3 Å². The molecular weight excluding hydrogens is 673 g/mol. The Hall–Kier alpha value is -4.53. The molecule has 7 aromatic rings. The molecule has 2 aromatic heterocycles. The third-order valence-electron chi connectivity index (χ3n) is 6.86. The molecule has 0 aliphatic rings. The summed E-state index contributed by atoms with van der Waals surface area (Å²) in [5.74, 6) is 0.873. The first kappa shape index (κ1) is 27.1. The molecule has 0 fully saturated rings. The summed E-state index contributed by atoms with van der Waals surface area (Å²) < 4.78 is 2.15. The van der Waals surface area contributed by atoms with Crippen LogP contribution in [0.15, 0.2) is 128 Å². The van der Waals surface area contributed by atoms with E-state index >= 15 is 0 Å². The number of phenolic OH excluding ortho intramolecular Hbond substituents is 1. The second-order valence-electron chi connectivity index (χ2n) is 9.15. The van der Waals surface area contributed by atoms with E-state index in [0.29, 0.717) is 11.4 Å². The predicted molar refractivity (Wildman–Crippen MR) is 160 cm³/mol. The van der Waals surface area contributed by atoms with Crippen LogP contribution in [0.2, 0.25) is 0 Å². The van der Waals surface area contributed by atoms with E-state index in [1.54, 1.807) is 12.3 Å². The molecule has 4 nitrogen and oxygen atoms in total. The van der Waals surface area contributed by atoms with Crippen LogP contribution in [0.1, 0.15) is 0 Å². The molecule has 0 unspecified atom stereocenters. The first-order chi connectivity index (χ1) is 18.8. The number of hydrogen-bond donors (Lipinski definition) is 1. The van der Waals surface area contributed by atoms with E-state index < -0.39 is 0 Å². The quantitative estimate of drug-likeness (QED) is 0.188. The van der Waals surface area contributed by atoms with Gasteiger partial charge in [-0.25, -0.2) is 4.98 Å². The van der Waals surface area contributed by atoms with Crippen LogP contribution >= 0.6 is 0 Å². The molecule has 5 aromatic carbocycles. The van der Waals surface area contributed by atoms with Crippen molar-refractivity contribution in [3.8, 4) is 45.2 Å². The van der Waals surface area contributed by atoms with E-state index in [1.165, 1.54) is 0 Å². The average molecular weight is 699 g/mol. The van der Waals surface area contributed by atoms with Crippen molar-refractivity contribution in [3.05, 3.63) is 141 Å². The fraction of sp³-hybridized carbons (Fsp3) is 0. The fourth-order valence-corrected chi connectivity index (χ4v) is 5.10. The van der Waals surface area contributed by atoms with E-state index in [0.717, 1.165) is 49.9 Å². The smallest absolute Gasteiger partial charge is 0.507 e. The van der Waals surface area contributed by atoms with Crippen LogP contribution in [-0.4, -0.2) is 19.6 Å². The maximum absolute atomic E-state index is 10.9. The van der Waals surface area contributed by atoms with E-state index in [9.17, 15) is 5.11 Å². The van der Waals surface area contributed by atoms with Gasteiger partial charge < -0.3 is 12.5 Å². The van der Waals surface area contributed by atoms with Gasteiger partial charge in [-0.3, -0.25) is 9.55 Å². The van der Waals surface area contributed by atoms with E-state index in [1.807, 2.05) is 60.7 Å². The molecule has 0 saturated heterocycles. The molecule has 0 atom stereocenters. The van der Waals surface area contributed by atoms with Gasteiger partial charge in [-0.1, -0.05) is 83.9 Å². The van der Waals surface area contributed by atoms with Gasteiger partial charge in [0.15, 0.2) is 0 Å². The number of phenols is 1. The van der Waals surface area contributed by atoms with Crippen molar-refractivity contribution in [2.75, 3.05) is 0 Å². The van der Waals surface area contributed by atoms with Gasteiger partial charge in [0.2, 0.25) is 0 Å². The van der Waals surface area contributed by atoms with Gasteiger partial charge >= 0.3 is 21.1 Å². The number of aromatic nitrogens is 3. The molecular formula is C35H25N3OPt. The van der Waals surface area contributed by atoms with Gasteiger partial charge in [0.1, 0.15) is 11.6 Å². The number of benzene rings is 5. The molecule has 0 aliphatic heterocycles. The average Bonchev–Trinajstić information content (AvgIpc) is 3.37. The topological polar surface area (TPSA) is 50.9 Å². The van der Waals surface area contributed by atoms with E-state index in [-0.39, 0.29) is 34.2 Å². The van der Waals surface area contributed by atoms with Crippen molar-refractivity contribution < 1.29 is 26.2 Å². The first-order valence-corrected chi connectivity index (χ1v) is 12.5. The zero-order valence-corrected chi connectivity index (χ0v) is 24.0. The summed E-state index contributed by atoms with van der Waals surface area (Å²) in [5, 5.41) is 13.1. The monoisotopic (exact) mass is 698 g/mol. The third-order valence-corrected chi connectivity index (χ3v) is 6.86. The number of rotatable bonds is 4. The van der Waals surface area contributed by atoms with E-state index in [4.69, 9.17) is 4.98 Å². The molecule has 0 saturated carbocycles. The van der Waals surface area contributed by atoms with Crippen molar-refractivity contribution in [1.29, 1.82) is 0 Å². The zero-order valence-electron chi connectivity index (χ0n) is 21.7. The summed E-state index contributed by atoms with van der Waals surface area (Å²) in [6, 6.07) is 43.7. The minimum atomic E-state index is 0. The molecule has 0 radical (unpaired) electrons. The summed E-state index contributed by atoms with van der Waals surface area (Å²) in [6.07, 6.45) is 1.79. The van der Waals surface area contributed by atoms with Crippen molar-refractivity contribution in [1.82, 2.24) is 14.5 Å². The van der Waals surface area contributed by atoms with Crippen LogP contribution in [0.4, 0.5) is 0 Å². The van der Waals surface area contributed by atoms with Crippen LogP contribution in [0.5, 0.6) is 5.75 Å². The van der Waals surface area contributed by atoms with E-state index in [2.05, 4.69) is 70.2 Å². The van der Waals surface area contributed by atoms with Gasteiger partial charge in [-0.2, -0.15) is 0 Å².